The molecule has 2 atom stereocenters. The Hall–Kier alpha value is -2.29. The lowest BCUT2D eigenvalue weighted by Gasteiger charge is -2.27. The summed E-state index contributed by atoms with van der Waals surface area (Å²) in [7, 11) is 0. The van der Waals surface area contributed by atoms with Gasteiger partial charge < -0.3 is 5.32 Å². The van der Waals surface area contributed by atoms with Crippen molar-refractivity contribution < 1.29 is 14.1 Å². The lowest BCUT2D eigenvalue weighted by Crippen LogP contribution is -2.44. The minimum absolute atomic E-state index is 0.0261. The van der Waals surface area contributed by atoms with Gasteiger partial charge in [0.25, 0.3) is 0 Å². The highest BCUT2D eigenvalue weighted by atomic mass is 79.9. The molecule has 2 aromatic rings. The normalized spacial score (nSPS) is 20.0. The third-order valence-electron chi connectivity index (χ3n) is 4.00. The summed E-state index contributed by atoms with van der Waals surface area (Å²) in [6.07, 6.45) is 1.52. The van der Waals surface area contributed by atoms with Crippen molar-refractivity contribution in [2.45, 2.75) is 31.8 Å². The first kappa shape index (κ1) is 16.6. The molecule has 126 valence electrons. The molecule has 3 rings (SSSR count). The fourth-order valence-corrected chi connectivity index (χ4v) is 3.32. The minimum atomic E-state index is -1.50. The Labute approximate surface area is 145 Å². The maximum absolute atomic E-state index is 13.5. The number of nitrogens with one attached hydrogen (secondary N) is 1. The van der Waals surface area contributed by atoms with Crippen molar-refractivity contribution >= 4 is 27.7 Å². The first-order valence-electron chi connectivity index (χ1n) is 7.28. The summed E-state index contributed by atoms with van der Waals surface area (Å²) in [6, 6.07) is 2.61. The number of aromatic nitrogens is 2. The summed E-state index contributed by atoms with van der Waals surface area (Å²) in [5.74, 6) is -1.58. The summed E-state index contributed by atoms with van der Waals surface area (Å²) in [4.78, 5) is 23.2. The molecule has 0 spiro atoms. The minimum Gasteiger partial charge on any atom is -0.305 e. The monoisotopic (exact) mass is 396 g/mol. The van der Waals surface area contributed by atoms with Crippen molar-refractivity contribution in [3.8, 4) is 0 Å². The topological polar surface area (TPSA) is 90.1 Å². The van der Waals surface area contributed by atoms with Crippen LogP contribution in [0.4, 0.5) is 10.2 Å². The lowest BCUT2D eigenvalue weighted by molar-refractivity contribution is -0.509. The number of nitrogens with zero attached hydrogens (tertiary/aromatic N) is 3. The van der Waals surface area contributed by atoms with Crippen LogP contribution < -0.4 is 5.32 Å². The van der Waals surface area contributed by atoms with Crippen LogP contribution in [-0.4, -0.2) is 26.7 Å². The van der Waals surface area contributed by atoms with Crippen LogP contribution >= 0.6 is 15.9 Å². The molecule has 24 heavy (non-hydrogen) atoms. The molecule has 0 unspecified atom stereocenters. The van der Waals surface area contributed by atoms with E-state index in [1.165, 1.54) is 24.4 Å². The highest BCUT2D eigenvalue weighted by Crippen LogP contribution is 2.40. The molecule has 1 aliphatic rings. The van der Waals surface area contributed by atoms with Crippen LogP contribution in [0.2, 0.25) is 0 Å². The molecule has 2 heterocycles. The van der Waals surface area contributed by atoms with Crippen LogP contribution in [0.3, 0.4) is 0 Å². The zero-order valence-corrected chi connectivity index (χ0v) is 14.4. The van der Waals surface area contributed by atoms with Crippen LogP contribution in [0.1, 0.15) is 36.9 Å². The molecule has 0 saturated heterocycles. The van der Waals surface area contributed by atoms with Gasteiger partial charge >= 0.3 is 11.9 Å². The number of anilines is 1. The average Bonchev–Trinajstić information content (AvgIpc) is 2.91. The molecule has 0 fully saturated rings. The van der Waals surface area contributed by atoms with E-state index >= 15 is 0 Å². The Bertz CT molecular complexity index is 836. The molecule has 0 bridgehead atoms. The standard InChI is InChI=1S/C15H14BrFN4O3/c1-7(2)20-14-9(6-18-20)12(13(21(23)24)15(22)19-14)8-3-4-11(17)10(16)5-8/h3-7,12-13H,1-2H3,(H,19,22)/t12-,13+/m1/s1. The summed E-state index contributed by atoms with van der Waals surface area (Å²) < 4.78 is 15.3. The number of hydrogen-bond acceptors (Lipinski definition) is 4. The van der Waals surface area contributed by atoms with Crippen molar-refractivity contribution in [1.82, 2.24) is 9.78 Å². The summed E-state index contributed by atoms with van der Waals surface area (Å²) >= 11 is 3.09. The number of carbonyl (C=O) groups excluding carboxylic acids is 1. The number of hydrogen-bond donors (Lipinski definition) is 1. The van der Waals surface area contributed by atoms with E-state index in [2.05, 4.69) is 26.3 Å². The van der Waals surface area contributed by atoms with Gasteiger partial charge in [-0.2, -0.15) is 5.10 Å². The second kappa shape index (κ2) is 5.97. The predicted molar refractivity (Wildman–Crippen MR) is 88.0 cm³/mol. The second-order valence-corrected chi connectivity index (χ2v) is 6.71. The SMILES string of the molecule is CC(C)n1ncc2c1NC(=O)[C@@H]([N+](=O)[O-])[C@@H]2c1ccc(F)c(Br)c1. The summed E-state index contributed by atoms with van der Waals surface area (Å²) in [5.41, 5.74) is 1.02. The van der Waals surface area contributed by atoms with Crippen LogP contribution in [0, 0.1) is 15.9 Å². The maximum Gasteiger partial charge on any atom is 0.301 e. The molecule has 1 aliphatic heterocycles. The van der Waals surface area contributed by atoms with Gasteiger partial charge in [0.2, 0.25) is 0 Å². The summed E-state index contributed by atoms with van der Waals surface area (Å²) in [6.45, 7) is 3.78. The number of carbonyl (C=O) groups is 1. The van der Waals surface area contributed by atoms with Crippen LogP contribution in [-0.2, 0) is 4.79 Å². The number of nitro groups is 1. The van der Waals surface area contributed by atoms with Crippen molar-refractivity contribution in [1.29, 1.82) is 0 Å². The molecule has 1 amide bonds. The quantitative estimate of drug-likeness (QED) is 0.637. The first-order valence-corrected chi connectivity index (χ1v) is 8.07. The molecule has 0 saturated carbocycles. The molecule has 1 aromatic heterocycles. The molecular weight excluding hydrogens is 383 g/mol. The van der Waals surface area contributed by atoms with Gasteiger partial charge in [0.15, 0.2) is 0 Å². The van der Waals surface area contributed by atoms with Gasteiger partial charge in [-0.3, -0.25) is 14.9 Å². The van der Waals surface area contributed by atoms with Gasteiger partial charge in [-0.25, -0.2) is 9.07 Å². The van der Waals surface area contributed by atoms with Crippen LogP contribution in [0.15, 0.2) is 28.9 Å². The molecule has 7 nitrogen and oxygen atoms in total. The van der Waals surface area contributed by atoms with E-state index in [-0.39, 0.29) is 10.5 Å². The third-order valence-corrected chi connectivity index (χ3v) is 4.61. The lowest BCUT2D eigenvalue weighted by atomic mass is 9.83. The fraction of sp³-hybridized carbons (Fsp3) is 0.333. The smallest absolute Gasteiger partial charge is 0.301 e. The van der Waals surface area contributed by atoms with Crippen LogP contribution in [0.5, 0.6) is 0 Å². The number of halogens is 2. The largest absolute Gasteiger partial charge is 0.305 e. The van der Waals surface area contributed by atoms with Crippen molar-refractivity contribution in [3.05, 3.63) is 55.9 Å². The van der Waals surface area contributed by atoms with E-state index in [1.807, 2.05) is 13.8 Å². The molecule has 0 aliphatic carbocycles. The Kier molecular flexibility index (Phi) is 4.12. The molecular formula is C15H14BrFN4O3. The van der Waals surface area contributed by atoms with Gasteiger partial charge in [0.05, 0.1) is 16.6 Å². The van der Waals surface area contributed by atoms with E-state index < -0.39 is 28.6 Å². The van der Waals surface area contributed by atoms with Gasteiger partial charge in [-0.05, 0) is 47.5 Å². The number of amides is 1. The predicted octanol–water partition coefficient (Wildman–Crippen LogP) is 3.09. The molecule has 1 aromatic carbocycles. The number of fused-ring (bicyclic) bond motifs is 1. The van der Waals surface area contributed by atoms with E-state index in [0.717, 1.165) is 0 Å². The zero-order chi connectivity index (χ0) is 17.6. The first-order chi connectivity index (χ1) is 11.3. The Morgan fingerprint density at radius 2 is 2.17 bits per heavy atom. The highest BCUT2D eigenvalue weighted by Gasteiger charge is 2.47. The van der Waals surface area contributed by atoms with Gasteiger partial charge in [-0.15, -0.1) is 0 Å². The average molecular weight is 397 g/mol. The highest BCUT2D eigenvalue weighted by molar-refractivity contribution is 9.10. The zero-order valence-electron chi connectivity index (χ0n) is 12.9. The Morgan fingerprint density at radius 3 is 2.75 bits per heavy atom. The fourth-order valence-electron chi connectivity index (χ4n) is 2.92. The molecule has 9 heteroatoms. The van der Waals surface area contributed by atoms with Gasteiger partial charge in [0, 0.05) is 16.5 Å². The van der Waals surface area contributed by atoms with E-state index in [4.69, 9.17) is 0 Å². The Balaban J connectivity index is 2.21. The van der Waals surface area contributed by atoms with E-state index in [0.29, 0.717) is 16.9 Å². The van der Waals surface area contributed by atoms with Crippen LogP contribution in [0.25, 0.3) is 0 Å². The van der Waals surface area contributed by atoms with E-state index in [9.17, 15) is 19.3 Å². The van der Waals surface area contributed by atoms with Crippen molar-refractivity contribution in [3.63, 3.8) is 0 Å². The maximum atomic E-state index is 13.5. The van der Waals surface area contributed by atoms with Gasteiger partial charge in [-0.1, -0.05) is 6.07 Å². The molecule has 0 radical (unpaired) electrons. The number of rotatable bonds is 3. The van der Waals surface area contributed by atoms with Gasteiger partial charge in [0.1, 0.15) is 11.6 Å². The molecule has 1 N–H and O–H groups in total. The van der Waals surface area contributed by atoms with E-state index in [1.54, 1.807) is 4.68 Å². The second-order valence-electron chi connectivity index (χ2n) is 5.86. The van der Waals surface area contributed by atoms with Crippen molar-refractivity contribution in [2.75, 3.05) is 5.32 Å². The number of benzene rings is 1. The third kappa shape index (κ3) is 2.58. The Morgan fingerprint density at radius 1 is 1.46 bits per heavy atom. The van der Waals surface area contributed by atoms with Crippen molar-refractivity contribution in [2.24, 2.45) is 0 Å². The summed E-state index contributed by atoms with van der Waals surface area (Å²) in [5, 5.41) is 18.3.